The van der Waals surface area contributed by atoms with Gasteiger partial charge in [-0.1, -0.05) is 6.07 Å². The first-order chi connectivity index (χ1) is 8.90. The fourth-order valence-corrected chi connectivity index (χ4v) is 2.90. The van der Waals surface area contributed by atoms with Crippen LogP contribution in [0, 0.1) is 5.92 Å². The molecule has 0 aliphatic carbocycles. The number of nitrogens with zero attached hydrogens (tertiary/aromatic N) is 1. The fraction of sp³-hybridized carbons (Fsp3) is 0.538. The number of amides is 2. The highest BCUT2D eigenvalue weighted by molar-refractivity contribution is 7.10. The maximum Gasteiger partial charge on any atom is 0.225 e. The third-order valence-corrected chi connectivity index (χ3v) is 4.49. The molecule has 2 amide bonds. The SMILES string of the molecule is CN1CC(C(=O)NCC(C)(O)c2cccs2)CC1=O. The van der Waals surface area contributed by atoms with Crippen molar-refractivity contribution in [1.29, 1.82) is 0 Å². The van der Waals surface area contributed by atoms with Gasteiger partial charge in [0.05, 0.1) is 12.5 Å². The smallest absolute Gasteiger partial charge is 0.225 e. The number of thiophene rings is 1. The lowest BCUT2D eigenvalue weighted by atomic mass is 10.0. The Labute approximate surface area is 116 Å². The van der Waals surface area contributed by atoms with E-state index in [2.05, 4.69) is 5.32 Å². The zero-order chi connectivity index (χ0) is 14.0. The zero-order valence-electron chi connectivity index (χ0n) is 11.0. The van der Waals surface area contributed by atoms with Gasteiger partial charge in [0.2, 0.25) is 11.8 Å². The number of rotatable bonds is 4. The molecule has 1 saturated heterocycles. The summed E-state index contributed by atoms with van der Waals surface area (Å²) in [5, 5.41) is 14.9. The first kappa shape index (κ1) is 14.0. The van der Waals surface area contributed by atoms with Crippen LogP contribution >= 0.6 is 11.3 Å². The second kappa shape index (κ2) is 5.30. The number of carbonyl (C=O) groups excluding carboxylic acids is 2. The van der Waals surface area contributed by atoms with Crippen LogP contribution < -0.4 is 5.32 Å². The van der Waals surface area contributed by atoms with Crippen LogP contribution in [0.2, 0.25) is 0 Å². The summed E-state index contributed by atoms with van der Waals surface area (Å²) in [5.41, 5.74) is -1.07. The number of carbonyl (C=O) groups is 2. The van der Waals surface area contributed by atoms with Gasteiger partial charge in [0.25, 0.3) is 0 Å². The molecule has 1 aromatic rings. The Morgan fingerprint density at radius 3 is 2.95 bits per heavy atom. The molecule has 1 aliphatic rings. The molecule has 2 rings (SSSR count). The first-order valence-corrected chi connectivity index (χ1v) is 7.06. The lowest BCUT2D eigenvalue weighted by Crippen LogP contribution is -2.41. The maximum atomic E-state index is 12.0. The molecule has 6 heteroatoms. The topological polar surface area (TPSA) is 69.6 Å². The van der Waals surface area contributed by atoms with E-state index in [1.54, 1.807) is 18.9 Å². The van der Waals surface area contributed by atoms with Crippen molar-refractivity contribution in [2.75, 3.05) is 20.1 Å². The molecule has 2 heterocycles. The van der Waals surface area contributed by atoms with E-state index in [1.165, 1.54) is 11.3 Å². The molecule has 2 unspecified atom stereocenters. The molecular weight excluding hydrogens is 264 g/mol. The second-order valence-corrected chi connectivity index (χ2v) is 6.09. The Hall–Kier alpha value is -1.40. The highest BCUT2D eigenvalue weighted by atomic mass is 32.1. The third kappa shape index (κ3) is 3.13. The molecule has 2 N–H and O–H groups in total. The summed E-state index contributed by atoms with van der Waals surface area (Å²) in [6, 6.07) is 3.70. The fourth-order valence-electron chi connectivity index (χ4n) is 2.11. The van der Waals surface area contributed by atoms with Gasteiger partial charge in [-0.3, -0.25) is 9.59 Å². The number of likely N-dealkylation sites (tertiary alicyclic amines) is 1. The maximum absolute atomic E-state index is 12.0. The van der Waals surface area contributed by atoms with Crippen LogP contribution in [-0.2, 0) is 15.2 Å². The summed E-state index contributed by atoms with van der Waals surface area (Å²) >= 11 is 1.45. The Morgan fingerprint density at radius 2 is 2.42 bits per heavy atom. The standard InChI is InChI=1S/C13H18N2O3S/c1-13(18,10-4-3-5-19-10)8-14-12(17)9-6-11(16)15(2)7-9/h3-5,9,18H,6-8H2,1-2H3,(H,14,17). The van der Waals surface area contributed by atoms with Crippen LogP contribution in [-0.4, -0.2) is 42.0 Å². The highest BCUT2D eigenvalue weighted by Gasteiger charge is 2.33. The largest absolute Gasteiger partial charge is 0.383 e. The van der Waals surface area contributed by atoms with Crippen molar-refractivity contribution in [3.05, 3.63) is 22.4 Å². The molecule has 1 aromatic heterocycles. The molecular formula is C13H18N2O3S. The van der Waals surface area contributed by atoms with Gasteiger partial charge in [-0.05, 0) is 18.4 Å². The number of aliphatic hydroxyl groups is 1. The minimum absolute atomic E-state index is 0.00910. The van der Waals surface area contributed by atoms with Gasteiger partial charge in [0.15, 0.2) is 0 Å². The normalized spacial score (nSPS) is 22.4. The van der Waals surface area contributed by atoms with Crippen molar-refractivity contribution in [3.63, 3.8) is 0 Å². The van der Waals surface area contributed by atoms with Crippen molar-refractivity contribution in [3.8, 4) is 0 Å². The van der Waals surface area contributed by atoms with Crippen LogP contribution in [0.15, 0.2) is 17.5 Å². The van der Waals surface area contributed by atoms with E-state index < -0.39 is 5.60 Å². The predicted molar refractivity (Wildman–Crippen MR) is 72.6 cm³/mol. The van der Waals surface area contributed by atoms with E-state index in [0.717, 1.165) is 4.88 Å². The summed E-state index contributed by atoms with van der Waals surface area (Å²) in [7, 11) is 1.69. The Bertz CT molecular complexity index is 470. The monoisotopic (exact) mass is 282 g/mol. The lowest BCUT2D eigenvalue weighted by Gasteiger charge is -2.23. The summed E-state index contributed by atoms with van der Waals surface area (Å²) in [5.74, 6) is -0.490. The third-order valence-electron chi connectivity index (χ3n) is 3.37. The van der Waals surface area contributed by atoms with E-state index in [4.69, 9.17) is 0 Å². The number of hydrogen-bond donors (Lipinski definition) is 2. The van der Waals surface area contributed by atoms with Crippen LogP contribution in [0.1, 0.15) is 18.2 Å². The zero-order valence-corrected chi connectivity index (χ0v) is 11.9. The van der Waals surface area contributed by atoms with Crippen molar-refractivity contribution >= 4 is 23.2 Å². The quantitative estimate of drug-likeness (QED) is 0.847. The Morgan fingerprint density at radius 1 is 1.68 bits per heavy atom. The molecule has 2 atom stereocenters. The van der Waals surface area contributed by atoms with Gasteiger partial charge in [-0.15, -0.1) is 11.3 Å². The summed E-state index contributed by atoms with van der Waals surface area (Å²) in [4.78, 5) is 25.7. The van der Waals surface area contributed by atoms with Gasteiger partial charge < -0.3 is 15.3 Å². The number of nitrogens with one attached hydrogen (secondary N) is 1. The van der Waals surface area contributed by atoms with Gasteiger partial charge in [0, 0.05) is 24.9 Å². The van der Waals surface area contributed by atoms with Gasteiger partial charge in [0.1, 0.15) is 5.60 Å². The summed E-state index contributed by atoms with van der Waals surface area (Å²) in [6.45, 7) is 2.28. The molecule has 0 aromatic carbocycles. The van der Waals surface area contributed by atoms with Crippen molar-refractivity contribution in [2.45, 2.75) is 18.9 Å². The van der Waals surface area contributed by atoms with Crippen molar-refractivity contribution in [1.82, 2.24) is 10.2 Å². The Balaban J connectivity index is 1.89. The molecule has 1 aliphatic heterocycles. The molecule has 0 bridgehead atoms. The van der Waals surface area contributed by atoms with Gasteiger partial charge in [-0.25, -0.2) is 0 Å². The molecule has 1 fully saturated rings. The second-order valence-electron chi connectivity index (χ2n) is 5.14. The van der Waals surface area contributed by atoms with E-state index in [0.29, 0.717) is 6.54 Å². The van der Waals surface area contributed by atoms with Gasteiger partial charge in [-0.2, -0.15) is 0 Å². The Kier molecular flexibility index (Phi) is 3.91. The summed E-state index contributed by atoms with van der Waals surface area (Å²) < 4.78 is 0. The van der Waals surface area contributed by atoms with Gasteiger partial charge >= 0.3 is 0 Å². The van der Waals surface area contributed by atoms with E-state index in [1.807, 2.05) is 17.5 Å². The van der Waals surface area contributed by atoms with Crippen LogP contribution in [0.5, 0.6) is 0 Å². The molecule has 0 saturated carbocycles. The van der Waals surface area contributed by atoms with Crippen LogP contribution in [0.25, 0.3) is 0 Å². The molecule has 0 spiro atoms. The van der Waals surface area contributed by atoms with Crippen LogP contribution in [0.4, 0.5) is 0 Å². The minimum atomic E-state index is -1.07. The lowest BCUT2D eigenvalue weighted by molar-refractivity contribution is -0.128. The molecule has 0 radical (unpaired) electrons. The molecule has 5 nitrogen and oxygen atoms in total. The van der Waals surface area contributed by atoms with Crippen molar-refractivity contribution in [2.24, 2.45) is 5.92 Å². The minimum Gasteiger partial charge on any atom is -0.383 e. The highest BCUT2D eigenvalue weighted by Crippen LogP contribution is 2.24. The van der Waals surface area contributed by atoms with E-state index in [9.17, 15) is 14.7 Å². The predicted octanol–water partition coefficient (Wildman–Crippen LogP) is 0.550. The summed E-state index contributed by atoms with van der Waals surface area (Å²) in [6.07, 6.45) is 0.253. The molecule has 19 heavy (non-hydrogen) atoms. The average molecular weight is 282 g/mol. The number of hydrogen-bond acceptors (Lipinski definition) is 4. The van der Waals surface area contributed by atoms with E-state index >= 15 is 0 Å². The van der Waals surface area contributed by atoms with E-state index in [-0.39, 0.29) is 30.7 Å². The first-order valence-electron chi connectivity index (χ1n) is 6.18. The van der Waals surface area contributed by atoms with Crippen molar-refractivity contribution < 1.29 is 14.7 Å². The average Bonchev–Trinajstić information content (AvgIpc) is 2.98. The molecule has 104 valence electrons. The van der Waals surface area contributed by atoms with Crippen LogP contribution in [0.3, 0.4) is 0 Å².